The van der Waals surface area contributed by atoms with Gasteiger partial charge in [0.1, 0.15) is 0 Å². The molecule has 0 aliphatic carbocycles. The summed E-state index contributed by atoms with van der Waals surface area (Å²) in [7, 11) is 0. The predicted octanol–water partition coefficient (Wildman–Crippen LogP) is 5.57. The Hall–Kier alpha value is -3.81. The lowest BCUT2D eigenvalue weighted by Gasteiger charge is -2.35. The molecule has 1 unspecified atom stereocenters. The molecule has 0 spiro atoms. The van der Waals surface area contributed by atoms with Gasteiger partial charge in [0.2, 0.25) is 12.6 Å². The van der Waals surface area contributed by atoms with Crippen molar-refractivity contribution in [2.24, 2.45) is 5.92 Å². The van der Waals surface area contributed by atoms with Gasteiger partial charge in [-0.15, -0.1) is 0 Å². The quantitative estimate of drug-likeness (QED) is 0.481. The number of hydrogen-bond donors (Lipinski definition) is 1. The third-order valence-electron chi connectivity index (χ3n) is 6.53. The molecule has 2 aromatic carbocycles. The van der Waals surface area contributed by atoms with Crippen LogP contribution in [0.5, 0.6) is 11.5 Å². The molecule has 5 rings (SSSR count). The maximum Gasteiger partial charge on any atom is 0.322 e. The molecule has 2 aliphatic rings. The Morgan fingerprint density at radius 2 is 1.89 bits per heavy atom. The van der Waals surface area contributed by atoms with Gasteiger partial charge in [-0.3, -0.25) is 4.90 Å². The largest absolute Gasteiger partial charge is 0.454 e. The van der Waals surface area contributed by atoms with Crippen molar-refractivity contribution in [1.82, 2.24) is 20.4 Å². The van der Waals surface area contributed by atoms with Crippen molar-refractivity contribution in [1.29, 1.82) is 0 Å². The molecule has 0 bridgehead atoms. The molecule has 0 fully saturated rings. The predicted molar refractivity (Wildman–Crippen MR) is 132 cm³/mol. The summed E-state index contributed by atoms with van der Waals surface area (Å²) in [6, 6.07) is 13.3. The number of fused-ring (bicyclic) bond motifs is 1. The van der Waals surface area contributed by atoms with Gasteiger partial charge in [0.05, 0.1) is 11.6 Å². The van der Waals surface area contributed by atoms with Crippen LogP contribution < -0.4 is 14.8 Å². The monoisotopic (exact) mass is 474 g/mol. The lowest BCUT2D eigenvalue weighted by molar-refractivity contribution is 0.174. The maximum atomic E-state index is 13.1. The standard InChI is InChI=1S/C27H30N4O4/c1-5-18-6-8-19(9-7-18)24-23(17(4)31(27(32)28-24)13-12-16(2)3)26-29-25(30-35-26)20-10-11-21-22(14-20)34-15-33-21/h6-11,14,16,24H,5,12-13,15H2,1-4H3,(H,28,32). The van der Waals surface area contributed by atoms with Crippen molar-refractivity contribution in [2.45, 2.75) is 46.6 Å². The normalized spacial score (nSPS) is 17.3. The Morgan fingerprint density at radius 1 is 1.11 bits per heavy atom. The zero-order valence-electron chi connectivity index (χ0n) is 20.5. The maximum absolute atomic E-state index is 13.1. The van der Waals surface area contributed by atoms with Gasteiger partial charge < -0.3 is 19.3 Å². The first-order chi connectivity index (χ1) is 16.9. The molecule has 182 valence electrons. The number of ether oxygens (including phenoxy) is 2. The van der Waals surface area contributed by atoms with Crippen LogP contribution in [-0.4, -0.2) is 34.4 Å². The number of aryl methyl sites for hydroxylation is 1. The van der Waals surface area contributed by atoms with E-state index in [4.69, 9.17) is 19.0 Å². The second kappa shape index (κ2) is 9.44. The highest BCUT2D eigenvalue weighted by Crippen LogP contribution is 2.39. The summed E-state index contributed by atoms with van der Waals surface area (Å²) in [5.41, 5.74) is 4.59. The van der Waals surface area contributed by atoms with Crippen molar-refractivity contribution < 1.29 is 18.8 Å². The van der Waals surface area contributed by atoms with Gasteiger partial charge >= 0.3 is 6.03 Å². The van der Waals surface area contributed by atoms with E-state index in [0.29, 0.717) is 35.7 Å². The zero-order valence-corrected chi connectivity index (χ0v) is 20.5. The summed E-state index contributed by atoms with van der Waals surface area (Å²) in [4.78, 5) is 19.6. The van der Waals surface area contributed by atoms with Crippen LogP contribution in [0.4, 0.5) is 4.79 Å². The van der Waals surface area contributed by atoms with Gasteiger partial charge in [0, 0.05) is 17.8 Å². The number of nitrogens with zero attached hydrogens (tertiary/aromatic N) is 3. The number of nitrogens with one attached hydrogen (secondary N) is 1. The molecule has 8 nitrogen and oxygen atoms in total. The first kappa shape index (κ1) is 23.0. The third kappa shape index (κ3) is 4.48. The molecule has 8 heteroatoms. The van der Waals surface area contributed by atoms with Crippen LogP contribution in [0.1, 0.15) is 57.2 Å². The van der Waals surface area contributed by atoms with Crippen LogP contribution in [0.25, 0.3) is 17.0 Å². The van der Waals surface area contributed by atoms with E-state index in [1.807, 2.05) is 25.1 Å². The number of rotatable bonds is 7. The minimum atomic E-state index is -0.395. The molecular weight excluding hydrogens is 444 g/mol. The van der Waals surface area contributed by atoms with E-state index in [-0.39, 0.29) is 12.8 Å². The summed E-state index contributed by atoms with van der Waals surface area (Å²) in [6.07, 6.45) is 1.84. The average molecular weight is 475 g/mol. The van der Waals surface area contributed by atoms with E-state index in [0.717, 1.165) is 35.2 Å². The highest BCUT2D eigenvalue weighted by Gasteiger charge is 2.35. The van der Waals surface area contributed by atoms with Gasteiger partial charge in [0.15, 0.2) is 11.5 Å². The van der Waals surface area contributed by atoms with Crippen LogP contribution in [0.3, 0.4) is 0 Å². The highest BCUT2D eigenvalue weighted by atomic mass is 16.7. The SMILES string of the molecule is CCc1ccc(C2NC(=O)N(CCC(C)C)C(C)=C2c2nc(-c3ccc4c(c3)OCO4)no2)cc1. The van der Waals surface area contributed by atoms with Crippen molar-refractivity contribution >= 4 is 11.6 Å². The van der Waals surface area contributed by atoms with E-state index in [1.165, 1.54) is 5.56 Å². The van der Waals surface area contributed by atoms with E-state index in [2.05, 4.69) is 55.5 Å². The molecule has 3 aromatic rings. The number of carbonyl (C=O) groups is 1. The summed E-state index contributed by atoms with van der Waals surface area (Å²) < 4.78 is 16.7. The Kier molecular flexibility index (Phi) is 6.19. The highest BCUT2D eigenvalue weighted by molar-refractivity contribution is 5.86. The second-order valence-electron chi connectivity index (χ2n) is 9.30. The molecule has 2 aliphatic heterocycles. The first-order valence-electron chi connectivity index (χ1n) is 12.1. The molecule has 35 heavy (non-hydrogen) atoms. The second-order valence-corrected chi connectivity index (χ2v) is 9.30. The number of allylic oxidation sites excluding steroid dienone is 1. The number of hydrogen-bond acceptors (Lipinski definition) is 6. The first-order valence-corrected chi connectivity index (χ1v) is 12.1. The zero-order chi connectivity index (χ0) is 24.5. The van der Waals surface area contributed by atoms with Gasteiger partial charge in [-0.1, -0.05) is 50.2 Å². The fourth-order valence-corrected chi connectivity index (χ4v) is 4.40. The van der Waals surface area contributed by atoms with Crippen LogP contribution in [0.2, 0.25) is 0 Å². The van der Waals surface area contributed by atoms with Crippen LogP contribution in [0.15, 0.2) is 52.7 Å². The van der Waals surface area contributed by atoms with Gasteiger partial charge in [-0.2, -0.15) is 4.98 Å². The smallest absolute Gasteiger partial charge is 0.322 e. The van der Waals surface area contributed by atoms with Crippen molar-refractivity contribution in [2.75, 3.05) is 13.3 Å². The Labute approximate surface area is 204 Å². The number of amides is 2. The van der Waals surface area contributed by atoms with Crippen LogP contribution in [-0.2, 0) is 6.42 Å². The van der Waals surface area contributed by atoms with Crippen molar-refractivity contribution in [3.05, 3.63) is 65.2 Å². The summed E-state index contributed by atoms with van der Waals surface area (Å²) in [6.45, 7) is 9.18. The molecule has 1 aromatic heterocycles. The van der Waals surface area contributed by atoms with E-state index in [1.54, 1.807) is 4.90 Å². The lowest BCUT2D eigenvalue weighted by Crippen LogP contribution is -2.46. The molecule has 0 radical (unpaired) electrons. The molecule has 2 amide bonds. The van der Waals surface area contributed by atoms with Gasteiger partial charge in [0.25, 0.3) is 5.89 Å². The Morgan fingerprint density at radius 3 is 2.63 bits per heavy atom. The van der Waals surface area contributed by atoms with Gasteiger partial charge in [-0.05, 0) is 55.0 Å². The van der Waals surface area contributed by atoms with E-state index < -0.39 is 6.04 Å². The Bertz CT molecular complexity index is 1260. The number of carbonyl (C=O) groups excluding carboxylic acids is 1. The number of benzene rings is 2. The van der Waals surface area contributed by atoms with Crippen LogP contribution in [0, 0.1) is 5.92 Å². The fourth-order valence-electron chi connectivity index (χ4n) is 4.40. The minimum Gasteiger partial charge on any atom is -0.454 e. The average Bonchev–Trinajstić information content (AvgIpc) is 3.53. The van der Waals surface area contributed by atoms with Gasteiger partial charge in [-0.25, -0.2) is 4.79 Å². The van der Waals surface area contributed by atoms with E-state index in [9.17, 15) is 4.79 Å². The van der Waals surface area contributed by atoms with Crippen molar-refractivity contribution in [3.8, 4) is 22.9 Å². The van der Waals surface area contributed by atoms with E-state index >= 15 is 0 Å². The molecule has 1 N–H and O–H groups in total. The number of urea groups is 1. The number of aromatic nitrogens is 2. The summed E-state index contributed by atoms with van der Waals surface area (Å²) in [5, 5.41) is 7.42. The molecule has 0 saturated heterocycles. The molecule has 0 saturated carbocycles. The third-order valence-corrected chi connectivity index (χ3v) is 6.53. The lowest BCUT2D eigenvalue weighted by atomic mass is 9.93. The molecular formula is C27H30N4O4. The minimum absolute atomic E-state index is 0.119. The summed E-state index contributed by atoms with van der Waals surface area (Å²) >= 11 is 0. The van der Waals surface area contributed by atoms with Crippen molar-refractivity contribution in [3.63, 3.8) is 0 Å². The fraction of sp³-hybridized carbons (Fsp3) is 0.370. The molecule has 1 atom stereocenters. The molecule has 3 heterocycles. The summed E-state index contributed by atoms with van der Waals surface area (Å²) in [5.74, 6) is 2.66. The Balaban J connectivity index is 1.55. The topological polar surface area (TPSA) is 89.7 Å². The van der Waals surface area contributed by atoms with Crippen LogP contribution >= 0.6 is 0 Å².